The molecule has 0 saturated heterocycles. The second kappa shape index (κ2) is 5.10. The molecule has 0 aliphatic heterocycles. The van der Waals surface area contributed by atoms with E-state index in [2.05, 4.69) is 10.3 Å². The Labute approximate surface area is 102 Å². The minimum absolute atomic E-state index is 0.220. The zero-order valence-electron chi connectivity index (χ0n) is 8.75. The topological polar surface area (TPSA) is 24.9 Å². The molecule has 2 aromatic rings. The van der Waals surface area contributed by atoms with Gasteiger partial charge < -0.3 is 5.32 Å². The van der Waals surface area contributed by atoms with Gasteiger partial charge in [-0.3, -0.25) is 4.98 Å². The van der Waals surface area contributed by atoms with E-state index < -0.39 is 5.82 Å². The SMILES string of the molecule is Fc1cncc(NCc2cc(Cl)ccc2F)c1. The van der Waals surface area contributed by atoms with Crippen molar-refractivity contribution in [3.05, 3.63) is 58.9 Å². The van der Waals surface area contributed by atoms with Crippen LogP contribution in [0.2, 0.25) is 5.02 Å². The summed E-state index contributed by atoms with van der Waals surface area (Å²) >= 11 is 5.76. The molecule has 0 fully saturated rings. The molecule has 1 aromatic heterocycles. The fraction of sp³-hybridized carbons (Fsp3) is 0.0833. The maximum absolute atomic E-state index is 13.4. The molecule has 0 atom stereocenters. The van der Waals surface area contributed by atoms with E-state index in [0.717, 1.165) is 6.20 Å². The van der Waals surface area contributed by atoms with Crippen molar-refractivity contribution < 1.29 is 8.78 Å². The molecule has 0 unspecified atom stereocenters. The summed E-state index contributed by atoms with van der Waals surface area (Å²) in [5, 5.41) is 3.33. The maximum Gasteiger partial charge on any atom is 0.143 e. The number of hydrogen-bond donors (Lipinski definition) is 1. The van der Waals surface area contributed by atoms with Crippen LogP contribution in [0.4, 0.5) is 14.5 Å². The Morgan fingerprint density at radius 1 is 1.18 bits per heavy atom. The van der Waals surface area contributed by atoms with E-state index in [4.69, 9.17) is 11.6 Å². The van der Waals surface area contributed by atoms with Gasteiger partial charge in [-0.1, -0.05) is 11.6 Å². The molecule has 0 aliphatic carbocycles. The first kappa shape index (κ1) is 11.8. The van der Waals surface area contributed by atoms with Crippen LogP contribution in [0.3, 0.4) is 0 Å². The van der Waals surface area contributed by atoms with Crippen molar-refractivity contribution in [2.45, 2.75) is 6.54 Å². The van der Waals surface area contributed by atoms with E-state index in [-0.39, 0.29) is 12.4 Å². The maximum atomic E-state index is 13.4. The Balaban J connectivity index is 2.09. The molecule has 0 aliphatic rings. The number of anilines is 1. The van der Waals surface area contributed by atoms with Crippen LogP contribution >= 0.6 is 11.6 Å². The lowest BCUT2D eigenvalue weighted by atomic mass is 10.2. The molecule has 17 heavy (non-hydrogen) atoms. The van der Waals surface area contributed by atoms with Crippen LogP contribution in [0.15, 0.2) is 36.7 Å². The fourth-order valence-corrected chi connectivity index (χ4v) is 1.58. The van der Waals surface area contributed by atoms with Crippen molar-refractivity contribution in [1.29, 1.82) is 0 Å². The highest BCUT2D eigenvalue weighted by atomic mass is 35.5. The molecular weight excluding hydrogens is 246 g/mol. The molecular formula is C12H9ClF2N2. The number of rotatable bonds is 3. The summed E-state index contributed by atoms with van der Waals surface area (Å²) in [4.78, 5) is 3.68. The minimum atomic E-state index is -0.443. The van der Waals surface area contributed by atoms with E-state index in [1.807, 2.05) is 0 Å². The van der Waals surface area contributed by atoms with Crippen molar-refractivity contribution >= 4 is 17.3 Å². The van der Waals surface area contributed by atoms with Crippen LogP contribution in [-0.4, -0.2) is 4.98 Å². The van der Waals surface area contributed by atoms with Crippen LogP contribution in [0.25, 0.3) is 0 Å². The Kier molecular flexibility index (Phi) is 3.54. The van der Waals surface area contributed by atoms with Gasteiger partial charge in [-0.25, -0.2) is 8.78 Å². The third kappa shape index (κ3) is 3.14. The lowest BCUT2D eigenvalue weighted by Gasteiger charge is -2.07. The average molecular weight is 255 g/mol. The molecule has 2 nitrogen and oxygen atoms in total. The van der Waals surface area contributed by atoms with Crippen molar-refractivity contribution in [2.24, 2.45) is 0 Å². The van der Waals surface area contributed by atoms with Gasteiger partial charge in [-0.05, 0) is 18.2 Å². The highest BCUT2D eigenvalue weighted by Gasteiger charge is 2.03. The summed E-state index contributed by atoms with van der Waals surface area (Å²) in [6.45, 7) is 0.220. The normalized spacial score (nSPS) is 10.3. The van der Waals surface area contributed by atoms with Gasteiger partial charge in [0.2, 0.25) is 0 Å². The first-order valence-corrected chi connectivity index (χ1v) is 5.31. The molecule has 88 valence electrons. The second-order valence-corrected chi connectivity index (χ2v) is 3.92. The predicted molar refractivity (Wildman–Crippen MR) is 62.9 cm³/mol. The molecule has 0 radical (unpaired) electrons. The molecule has 5 heteroatoms. The van der Waals surface area contributed by atoms with E-state index >= 15 is 0 Å². The summed E-state index contributed by atoms with van der Waals surface area (Å²) in [5.41, 5.74) is 0.908. The van der Waals surface area contributed by atoms with Crippen LogP contribution in [-0.2, 0) is 6.54 Å². The Hall–Kier alpha value is -1.68. The number of nitrogens with one attached hydrogen (secondary N) is 1. The van der Waals surface area contributed by atoms with Crippen LogP contribution in [0, 0.1) is 11.6 Å². The van der Waals surface area contributed by atoms with E-state index in [1.165, 1.54) is 30.5 Å². The second-order valence-electron chi connectivity index (χ2n) is 3.48. The predicted octanol–water partition coefficient (Wildman–Crippen LogP) is 3.63. The summed E-state index contributed by atoms with van der Waals surface area (Å²) in [5.74, 6) is -0.798. The Morgan fingerprint density at radius 2 is 2.00 bits per heavy atom. The first-order valence-electron chi connectivity index (χ1n) is 4.93. The van der Waals surface area contributed by atoms with E-state index in [1.54, 1.807) is 0 Å². The van der Waals surface area contributed by atoms with Crippen molar-refractivity contribution in [1.82, 2.24) is 4.98 Å². The molecule has 1 heterocycles. The quantitative estimate of drug-likeness (QED) is 0.905. The third-order valence-electron chi connectivity index (χ3n) is 2.20. The molecule has 0 amide bonds. The third-order valence-corrected chi connectivity index (χ3v) is 2.43. The van der Waals surface area contributed by atoms with Gasteiger partial charge in [-0.2, -0.15) is 0 Å². The summed E-state index contributed by atoms with van der Waals surface area (Å²) < 4.78 is 26.2. The lowest BCUT2D eigenvalue weighted by molar-refractivity contribution is 0.612. The number of halogens is 3. The number of hydrogen-bond acceptors (Lipinski definition) is 2. The molecule has 1 aromatic carbocycles. The smallest absolute Gasteiger partial charge is 0.143 e. The molecule has 0 saturated carbocycles. The number of pyridine rings is 1. The minimum Gasteiger partial charge on any atom is -0.380 e. The van der Waals surface area contributed by atoms with Gasteiger partial charge in [0.05, 0.1) is 18.1 Å². The highest BCUT2D eigenvalue weighted by molar-refractivity contribution is 6.30. The number of nitrogens with zero attached hydrogens (tertiary/aromatic N) is 1. The lowest BCUT2D eigenvalue weighted by Crippen LogP contribution is -2.02. The summed E-state index contributed by atoms with van der Waals surface area (Å²) in [6, 6.07) is 5.58. The standard InChI is InChI=1S/C12H9ClF2N2/c13-9-1-2-12(15)8(3-9)5-17-11-4-10(14)6-16-7-11/h1-4,6-7,17H,5H2. The van der Waals surface area contributed by atoms with Crippen molar-refractivity contribution in [3.63, 3.8) is 0 Å². The molecule has 1 N–H and O–H groups in total. The van der Waals surface area contributed by atoms with E-state index in [9.17, 15) is 8.78 Å². The average Bonchev–Trinajstić information content (AvgIpc) is 2.30. The number of aromatic nitrogens is 1. The largest absolute Gasteiger partial charge is 0.380 e. The zero-order chi connectivity index (χ0) is 12.3. The Bertz CT molecular complexity index is 532. The summed E-state index contributed by atoms with van der Waals surface area (Å²) in [6.07, 6.45) is 2.57. The van der Waals surface area contributed by atoms with Crippen LogP contribution < -0.4 is 5.32 Å². The molecule has 0 bridgehead atoms. The van der Waals surface area contributed by atoms with Gasteiger partial charge in [-0.15, -0.1) is 0 Å². The van der Waals surface area contributed by atoms with Crippen molar-refractivity contribution in [3.8, 4) is 0 Å². The van der Waals surface area contributed by atoms with E-state index in [0.29, 0.717) is 16.3 Å². The Morgan fingerprint density at radius 3 is 2.76 bits per heavy atom. The van der Waals surface area contributed by atoms with Gasteiger partial charge in [0.25, 0.3) is 0 Å². The van der Waals surface area contributed by atoms with Gasteiger partial charge in [0, 0.05) is 23.2 Å². The monoisotopic (exact) mass is 254 g/mol. The summed E-state index contributed by atoms with van der Waals surface area (Å²) in [7, 11) is 0. The van der Waals surface area contributed by atoms with Gasteiger partial charge >= 0.3 is 0 Å². The highest BCUT2D eigenvalue weighted by Crippen LogP contribution is 2.16. The molecule has 0 spiro atoms. The van der Waals surface area contributed by atoms with Crippen LogP contribution in [0.5, 0.6) is 0 Å². The van der Waals surface area contributed by atoms with Gasteiger partial charge in [0.1, 0.15) is 11.6 Å². The van der Waals surface area contributed by atoms with Crippen LogP contribution in [0.1, 0.15) is 5.56 Å². The fourth-order valence-electron chi connectivity index (χ4n) is 1.38. The van der Waals surface area contributed by atoms with Crippen molar-refractivity contribution in [2.75, 3.05) is 5.32 Å². The first-order chi connectivity index (χ1) is 8.15. The molecule has 2 rings (SSSR count). The number of benzene rings is 1. The zero-order valence-corrected chi connectivity index (χ0v) is 9.51. The van der Waals surface area contributed by atoms with Gasteiger partial charge in [0.15, 0.2) is 0 Å².